The molecule has 1 amide bonds. The fourth-order valence-corrected chi connectivity index (χ4v) is 4.09. The van der Waals surface area contributed by atoms with E-state index in [1.54, 1.807) is 16.1 Å². The molecule has 1 aromatic heterocycles. The number of aromatic amines is 1. The van der Waals surface area contributed by atoms with E-state index in [0.717, 1.165) is 43.9 Å². The van der Waals surface area contributed by atoms with Crippen LogP contribution in [0.5, 0.6) is 0 Å². The van der Waals surface area contributed by atoms with Gasteiger partial charge in [0.05, 0.1) is 12.2 Å². The van der Waals surface area contributed by atoms with Crippen LogP contribution in [0.3, 0.4) is 0 Å². The molecule has 0 bridgehead atoms. The smallest absolute Gasteiger partial charge is 0.215 e. The molecule has 1 aromatic carbocycles. The van der Waals surface area contributed by atoms with E-state index in [1.165, 1.54) is 6.07 Å². The second-order valence-corrected chi connectivity index (χ2v) is 8.93. The summed E-state index contributed by atoms with van der Waals surface area (Å²) in [5, 5.41) is 10.2. The summed E-state index contributed by atoms with van der Waals surface area (Å²) >= 11 is 6.20. The molecule has 2 aromatic rings. The first-order chi connectivity index (χ1) is 17.4. The van der Waals surface area contributed by atoms with E-state index in [4.69, 9.17) is 11.6 Å². The number of rotatable bonds is 14. The van der Waals surface area contributed by atoms with E-state index in [-0.39, 0.29) is 11.4 Å². The summed E-state index contributed by atoms with van der Waals surface area (Å²) in [5.41, 5.74) is 5.41. The number of aromatic nitrogens is 2. The van der Waals surface area contributed by atoms with Crippen LogP contribution in [0.2, 0.25) is 5.28 Å². The first kappa shape index (κ1) is 27.5. The number of hydrogen-bond acceptors (Lipinski definition) is 7. The first-order valence-corrected chi connectivity index (χ1v) is 12.5. The Bertz CT molecular complexity index is 1080. The van der Waals surface area contributed by atoms with E-state index < -0.39 is 11.6 Å². The molecule has 196 valence electrons. The van der Waals surface area contributed by atoms with Gasteiger partial charge in [-0.15, -0.1) is 5.11 Å². The number of benzene rings is 1. The predicted molar refractivity (Wildman–Crippen MR) is 136 cm³/mol. The Labute approximate surface area is 215 Å². The summed E-state index contributed by atoms with van der Waals surface area (Å²) in [4.78, 5) is 22.9. The highest BCUT2D eigenvalue weighted by molar-refractivity contribution is 6.28. The average Bonchev–Trinajstić information content (AvgIpc) is 3.46. The van der Waals surface area contributed by atoms with Crippen LogP contribution in [0.25, 0.3) is 5.70 Å². The molecule has 0 saturated heterocycles. The normalized spacial score (nSPS) is 15.6. The lowest BCUT2D eigenvalue weighted by Gasteiger charge is -2.25. The molecule has 2 heterocycles. The Morgan fingerprint density at radius 3 is 2.72 bits per heavy atom. The Kier molecular flexibility index (Phi) is 10.2. The van der Waals surface area contributed by atoms with Gasteiger partial charge in [-0.25, -0.2) is 13.9 Å². The number of anilines is 1. The van der Waals surface area contributed by atoms with Crippen molar-refractivity contribution < 1.29 is 13.6 Å². The minimum atomic E-state index is -0.874. The second kappa shape index (κ2) is 13.3. The highest BCUT2D eigenvalue weighted by Gasteiger charge is 2.22. The number of amides is 1. The lowest BCUT2D eigenvalue weighted by atomic mass is 10.1. The molecule has 9 nitrogen and oxygen atoms in total. The number of nitrogens with zero attached hydrogens (tertiary/aromatic N) is 6. The van der Waals surface area contributed by atoms with Gasteiger partial charge < -0.3 is 9.88 Å². The Morgan fingerprint density at radius 2 is 2.03 bits per heavy atom. The van der Waals surface area contributed by atoms with E-state index >= 15 is 0 Å². The van der Waals surface area contributed by atoms with Crippen LogP contribution in [0, 0.1) is 11.6 Å². The van der Waals surface area contributed by atoms with Crippen molar-refractivity contribution in [3.63, 3.8) is 0 Å². The third-order valence-corrected chi connectivity index (χ3v) is 5.93. The molecule has 0 aliphatic carbocycles. The van der Waals surface area contributed by atoms with Crippen LogP contribution < -0.4 is 10.3 Å². The zero-order chi connectivity index (χ0) is 26.1. The van der Waals surface area contributed by atoms with Crippen LogP contribution in [-0.4, -0.2) is 59.2 Å². The Balaban J connectivity index is 1.56. The highest BCUT2D eigenvalue weighted by atomic mass is 35.5. The molecule has 3 rings (SSSR count). The summed E-state index contributed by atoms with van der Waals surface area (Å²) in [6, 6.07) is 3.83. The number of carbonyl (C=O) groups excluding carboxylic acids is 1. The van der Waals surface area contributed by atoms with Gasteiger partial charge in [0, 0.05) is 26.6 Å². The summed E-state index contributed by atoms with van der Waals surface area (Å²) in [6.07, 6.45) is 6.28. The molecule has 2 N–H and O–H groups in total. The number of unbranched alkanes of at least 4 members (excludes halogenated alkanes) is 1. The molecule has 0 radical (unpaired) electrons. The largest absolute Gasteiger partial charge is 0.373 e. The first-order valence-electron chi connectivity index (χ1n) is 12.1. The zero-order valence-corrected chi connectivity index (χ0v) is 21.6. The Morgan fingerprint density at radius 1 is 1.22 bits per heavy atom. The molecule has 0 spiro atoms. The number of hydrazine groups is 1. The van der Waals surface area contributed by atoms with Crippen molar-refractivity contribution in [3.8, 4) is 0 Å². The second-order valence-electron chi connectivity index (χ2n) is 8.58. The van der Waals surface area contributed by atoms with Gasteiger partial charge in [-0.1, -0.05) is 37.6 Å². The molecule has 1 unspecified atom stereocenters. The average molecular weight is 523 g/mol. The van der Waals surface area contributed by atoms with Gasteiger partial charge in [-0.3, -0.25) is 9.69 Å². The van der Waals surface area contributed by atoms with E-state index in [2.05, 4.69) is 43.6 Å². The van der Waals surface area contributed by atoms with E-state index in [9.17, 15) is 13.6 Å². The lowest BCUT2D eigenvalue weighted by Crippen LogP contribution is -2.37. The van der Waals surface area contributed by atoms with Crippen LogP contribution in [0.4, 0.5) is 14.6 Å². The number of imidazole rings is 1. The number of hydrogen-bond donors (Lipinski definition) is 2. The molecule has 1 aliphatic rings. The maximum Gasteiger partial charge on any atom is 0.215 e. The molecular formula is C24H33ClF2N8O. The number of nitrogens with one attached hydrogen (secondary N) is 2. The predicted octanol–water partition coefficient (Wildman–Crippen LogP) is 4.93. The minimum absolute atomic E-state index is 0.229. The van der Waals surface area contributed by atoms with Crippen molar-refractivity contribution in [1.82, 2.24) is 25.4 Å². The van der Waals surface area contributed by atoms with Crippen LogP contribution in [0.1, 0.15) is 50.8 Å². The molecule has 1 atom stereocenters. The molecule has 36 heavy (non-hydrogen) atoms. The van der Waals surface area contributed by atoms with Gasteiger partial charge >= 0.3 is 0 Å². The fraction of sp³-hybridized carbons (Fsp3) is 0.500. The monoisotopic (exact) mass is 522 g/mol. The zero-order valence-electron chi connectivity index (χ0n) is 20.8. The summed E-state index contributed by atoms with van der Waals surface area (Å²) in [5.74, 6) is -1.22. The van der Waals surface area contributed by atoms with Crippen LogP contribution in [-0.2, 0) is 11.2 Å². The fourth-order valence-electron chi connectivity index (χ4n) is 3.91. The van der Waals surface area contributed by atoms with Gasteiger partial charge in [0.2, 0.25) is 11.7 Å². The minimum Gasteiger partial charge on any atom is -0.373 e. The van der Waals surface area contributed by atoms with Gasteiger partial charge in [0.15, 0.2) is 17.5 Å². The summed E-state index contributed by atoms with van der Waals surface area (Å²) < 4.78 is 26.6. The van der Waals surface area contributed by atoms with Crippen molar-refractivity contribution in [1.29, 1.82) is 0 Å². The molecule has 12 heteroatoms. The van der Waals surface area contributed by atoms with Gasteiger partial charge in [-0.2, -0.15) is 10.4 Å². The van der Waals surface area contributed by atoms with Gasteiger partial charge in [0.1, 0.15) is 11.9 Å². The Hall–Kier alpha value is -3.05. The SMILES string of the molecule is CCC=C(c1[nH]c(Cl)nc1N(C=O)CCCC)N(C)CCCN1N=NC(Cc2ccc(F)c(F)c2)N1. The lowest BCUT2D eigenvalue weighted by molar-refractivity contribution is -0.107. The van der Waals surface area contributed by atoms with Crippen molar-refractivity contribution in [2.24, 2.45) is 10.3 Å². The third-order valence-electron chi connectivity index (χ3n) is 5.75. The summed E-state index contributed by atoms with van der Waals surface area (Å²) in [6.45, 7) is 5.96. The quantitative estimate of drug-likeness (QED) is 0.343. The van der Waals surface area contributed by atoms with Crippen molar-refractivity contribution in [2.75, 3.05) is 31.6 Å². The van der Waals surface area contributed by atoms with E-state index in [0.29, 0.717) is 43.1 Å². The number of allylic oxidation sites excluding steroid dienone is 1. The maximum atomic E-state index is 13.5. The molecule has 0 saturated carbocycles. The number of halogens is 3. The van der Waals surface area contributed by atoms with Crippen LogP contribution >= 0.6 is 11.6 Å². The number of H-pyrrole nitrogens is 1. The molecule has 0 fully saturated rings. The van der Waals surface area contributed by atoms with Crippen molar-refractivity contribution in [2.45, 2.75) is 52.1 Å². The van der Waals surface area contributed by atoms with Crippen molar-refractivity contribution >= 4 is 29.5 Å². The van der Waals surface area contributed by atoms with Gasteiger partial charge in [0.25, 0.3) is 0 Å². The van der Waals surface area contributed by atoms with E-state index in [1.807, 2.05) is 14.0 Å². The van der Waals surface area contributed by atoms with Gasteiger partial charge in [-0.05, 0) is 48.6 Å². The maximum absolute atomic E-state index is 13.5. The molecule has 1 aliphatic heterocycles. The topological polar surface area (TPSA) is 92.2 Å². The number of carbonyl (C=O) groups is 1. The summed E-state index contributed by atoms with van der Waals surface area (Å²) in [7, 11) is 1.97. The highest BCUT2D eigenvalue weighted by Crippen LogP contribution is 2.29. The third kappa shape index (κ3) is 7.23. The van der Waals surface area contributed by atoms with Crippen LogP contribution in [0.15, 0.2) is 34.6 Å². The van der Waals surface area contributed by atoms with Crippen molar-refractivity contribution in [3.05, 3.63) is 52.5 Å². The molecular weight excluding hydrogens is 490 g/mol. The standard InChI is InChI=1S/C24H33ClF2N8O/c1-4-6-12-34(16-36)23-22(28-24(25)29-23)20(8-5-2)33(3)11-7-13-35-31-21(30-32-35)15-17-9-10-18(26)19(27)14-17/h8-10,14,16,21,31H,4-7,11-13,15H2,1-3H3,(H,28,29).